The quantitative estimate of drug-likeness (QED) is 0.345. The van der Waals surface area contributed by atoms with Crippen LogP contribution in [0.1, 0.15) is 15.9 Å². The molecule has 0 bridgehead atoms. The van der Waals surface area contributed by atoms with Gasteiger partial charge in [-0.1, -0.05) is 47.1 Å². The van der Waals surface area contributed by atoms with E-state index in [1.807, 2.05) is 31.2 Å². The minimum absolute atomic E-state index is 0.133. The Labute approximate surface area is 115 Å². The van der Waals surface area contributed by atoms with Gasteiger partial charge < -0.3 is 0 Å². The Morgan fingerprint density at radius 1 is 1.16 bits per heavy atom. The summed E-state index contributed by atoms with van der Waals surface area (Å²) in [6.45, 7) is 1.99. The van der Waals surface area contributed by atoms with Crippen LogP contribution in [-0.4, -0.2) is 5.12 Å². The maximum Gasteiger partial charge on any atom is 0.224 e. The number of benzene rings is 2. The maximum atomic E-state index is 12.2. The molecular weight excluding hydrogens is 258 g/mol. The standard InChI is InChI=1S/C14H11N3OS/c1-10-6-8-11(9-7-10)19-14(18)12-4-2-3-5-13(12)16-17-15/h2-9H,1H3. The fourth-order valence-corrected chi connectivity index (χ4v) is 2.32. The number of hydrogen-bond acceptors (Lipinski definition) is 3. The third-order valence-corrected chi connectivity index (χ3v) is 3.42. The third-order valence-electron chi connectivity index (χ3n) is 2.51. The van der Waals surface area contributed by atoms with Gasteiger partial charge in [0, 0.05) is 21.1 Å². The largest absolute Gasteiger partial charge is 0.281 e. The summed E-state index contributed by atoms with van der Waals surface area (Å²) >= 11 is 1.12. The summed E-state index contributed by atoms with van der Waals surface area (Å²) in [6, 6.07) is 14.5. The molecule has 0 aliphatic rings. The molecule has 0 heterocycles. The fourth-order valence-electron chi connectivity index (χ4n) is 1.55. The van der Waals surface area contributed by atoms with Gasteiger partial charge >= 0.3 is 0 Å². The van der Waals surface area contributed by atoms with E-state index in [-0.39, 0.29) is 5.12 Å². The molecule has 2 aromatic rings. The Hall–Kier alpha value is -2.23. The van der Waals surface area contributed by atoms with Gasteiger partial charge in [-0.25, -0.2) is 0 Å². The zero-order chi connectivity index (χ0) is 13.7. The van der Waals surface area contributed by atoms with Crippen molar-refractivity contribution in [1.82, 2.24) is 0 Å². The molecule has 19 heavy (non-hydrogen) atoms. The first-order chi connectivity index (χ1) is 9.20. The minimum atomic E-state index is -0.133. The molecule has 0 unspecified atom stereocenters. The maximum absolute atomic E-state index is 12.2. The van der Waals surface area contributed by atoms with Crippen molar-refractivity contribution < 1.29 is 4.79 Å². The molecule has 0 aromatic heterocycles. The highest BCUT2D eigenvalue weighted by molar-refractivity contribution is 8.14. The highest BCUT2D eigenvalue weighted by atomic mass is 32.2. The van der Waals surface area contributed by atoms with E-state index in [2.05, 4.69) is 10.0 Å². The van der Waals surface area contributed by atoms with Crippen molar-refractivity contribution in [3.05, 3.63) is 70.1 Å². The summed E-state index contributed by atoms with van der Waals surface area (Å²) in [5.41, 5.74) is 10.4. The number of nitrogens with zero attached hydrogens (tertiary/aromatic N) is 3. The number of rotatable bonds is 3. The predicted molar refractivity (Wildman–Crippen MR) is 76.6 cm³/mol. The predicted octanol–water partition coefficient (Wildman–Crippen LogP) is 4.87. The van der Waals surface area contributed by atoms with Gasteiger partial charge in [0.05, 0.1) is 0 Å². The van der Waals surface area contributed by atoms with Gasteiger partial charge in [0.1, 0.15) is 0 Å². The van der Waals surface area contributed by atoms with E-state index in [9.17, 15) is 4.79 Å². The summed E-state index contributed by atoms with van der Waals surface area (Å²) in [6.07, 6.45) is 0. The molecule has 5 heteroatoms. The van der Waals surface area contributed by atoms with E-state index >= 15 is 0 Å². The fraction of sp³-hybridized carbons (Fsp3) is 0.0714. The number of carbonyl (C=O) groups is 1. The highest BCUT2D eigenvalue weighted by Crippen LogP contribution is 2.28. The monoisotopic (exact) mass is 269 g/mol. The summed E-state index contributed by atoms with van der Waals surface area (Å²) < 4.78 is 0. The van der Waals surface area contributed by atoms with Gasteiger partial charge in [0.2, 0.25) is 5.12 Å². The van der Waals surface area contributed by atoms with Gasteiger partial charge in [-0.2, -0.15) is 0 Å². The van der Waals surface area contributed by atoms with Crippen molar-refractivity contribution in [3.8, 4) is 0 Å². The second-order valence-electron chi connectivity index (χ2n) is 3.91. The zero-order valence-electron chi connectivity index (χ0n) is 10.3. The first kappa shape index (κ1) is 13.2. The molecule has 2 aromatic carbocycles. The number of aryl methyl sites for hydroxylation is 1. The molecule has 0 fully saturated rings. The van der Waals surface area contributed by atoms with Crippen molar-refractivity contribution >= 4 is 22.6 Å². The molecule has 2 rings (SSSR count). The molecule has 4 nitrogen and oxygen atoms in total. The molecule has 0 atom stereocenters. The van der Waals surface area contributed by atoms with Crippen LogP contribution < -0.4 is 0 Å². The lowest BCUT2D eigenvalue weighted by Gasteiger charge is -2.04. The smallest absolute Gasteiger partial charge is 0.224 e. The molecular formula is C14H11N3OS. The SMILES string of the molecule is Cc1ccc(SC(=O)c2ccccc2N=[N+]=[N-])cc1. The Bertz CT molecular complexity index is 646. The van der Waals surface area contributed by atoms with Gasteiger partial charge in [-0.3, -0.25) is 4.79 Å². The molecule has 0 aliphatic carbocycles. The molecule has 0 amide bonds. The molecule has 0 aliphatic heterocycles. The Morgan fingerprint density at radius 3 is 2.53 bits per heavy atom. The molecule has 0 spiro atoms. The Balaban J connectivity index is 2.25. The molecule has 94 valence electrons. The number of thioether (sulfide) groups is 1. The van der Waals surface area contributed by atoms with Gasteiger partial charge in [-0.15, -0.1) is 0 Å². The van der Waals surface area contributed by atoms with E-state index in [0.717, 1.165) is 22.2 Å². The van der Waals surface area contributed by atoms with E-state index in [1.54, 1.807) is 24.3 Å². The van der Waals surface area contributed by atoms with Crippen LogP contribution in [0, 0.1) is 6.92 Å². The average Bonchev–Trinajstić information content (AvgIpc) is 2.42. The van der Waals surface area contributed by atoms with Crippen LogP contribution in [0.2, 0.25) is 0 Å². The van der Waals surface area contributed by atoms with Gasteiger partial charge in [0.15, 0.2) is 0 Å². The lowest BCUT2D eigenvalue weighted by atomic mass is 10.2. The van der Waals surface area contributed by atoms with Crippen LogP contribution >= 0.6 is 11.8 Å². The Morgan fingerprint density at radius 2 is 1.84 bits per heavy atom. The summed E-state index contributed by atoms with van der Waals surface area (Å²) in [7, 11) is 0. The van der Waals surface area contributed by atoms with Gasteiger partial charge in [-0.05, 0) is 36.3 Å². The lowest BCUT2D eigenvalue weighted by Crippen LogP contribution is -1.93. The van der Waals surface area contributed by atoms with E-state index < -0.39 is 0 Å². The molecule has 0 radical (unpaired) electrons. The van der Waals surface area contributed by atoms with Crippen molar-refractivity contribution in [1.29, 1.82) is 0 Å². The van der Waals surface area contributed by atoms with Crippen LogP contribution in [0.25, 0.3) is 10.4 Å². The molecule has 0 saturated carbocycles. The molecule has 0 N–H and O–H groups in total. The van der Waals surface area contributed by atoms with Gasteiger partial charge in [0.25, 0.3) is 0 Å². The normalized spacial score (nSPS) is 9.74. The summed E-state index contributed by atoms with van der Waals surface area (Å²) in [4.78, 5) is 15.8. The number of carbonyl (C=O) groups excluding carboxylic acids is 1. The van der Waals surface area contributed by atoms with Crippen molar-refractivity contribution in [2.45, 2.75) is 11.8 Å². The van der Waals surface area contributed by atoms with Crippen LogP contribution in [-0.2, 0) is 0 Å². The second kappa shape index (κ2) is 6.09. The highest BCUT2D eigenvalue weighted by Gasteiger charge is 2.11. The second-order valence-corrected chi connectivity index (χ2v) is 4.96. The first-order valence-corrected chi connectivity index (χ1v) is 6.45. The summed E-state index contributed by atoms with van der Waals surface area (Å²) in [5.74, 6) is 0. The van der Waals surface area contributed by atoms with E-state index in [0.29, 0.717) is 11.3 Å². The van der Waals surface area contributed by atoms with Crippen molar-refractivity contribution in [3.63, 3.8) is 0 Å². The van der Waals surface area contributed by atoms with Crippen molar-refractivity contribution in [2.75, 3.05) is 0 Å². The van der Waals surface area contributed by atoms with Crippen LogP contribution in [0.3, 0.4) is 0 Å². The number of azide groups is 1. The topological polar surface area (TPSA) is 65.8 Å². The van der Waals surface area contributed by atoms with Crippen LogP contribution in [0.15, 0.2) is 58.5 Å². The van der Waals surface area contributed by atoms with Crippen molar-refractivity contribution in [2.24, 2.45) is 5.11 Å². The van der Waals surface area contributed by atoms with Crippen LogP contribution in [0.4, 0.5) is 5.69 Å². The third kappa shape index (κ3) is 3.37. The zero-order valence-corrected chi connectivity index (χ0v) is 11.1. The first-order valence-electron chi connectivity index (χ1n) is 5.63. The average molecular weight is 269 g/mol. The Kier molecular flexibility index (Phi) is 4.23. The van der Waals surface area contributed by atoms with Crippen LogP contribution in [0.5, 0.6) is 0 Å². The molecule has 0 saturated heterocycles. The van der Waals surface area contributed by atoms with E-state index in [1.165, 1.54) is 0 Å². The lowest BCUT2D eigenvalue weighted by molar-refractivity contribution is 0.108. The summed E-state index contributed by atoms with van der Waals surface area (Å²) in [5, 5.41) is 3.40. The van der Waals surface area contributed by atoms with E-state index in [4.69, 9.17) is 5.53 Å². The number of hydrogen-bond donors (Lipinski definition) is 0. The minimum Gasteiger partial charge on any atom is -0.281 e.